The number of fused-ring (bicyclic) bond motifs is 3. The fourth-order valence-electron chi connectivity index (χ4n) is 6.78. The molecule has 0 saturated heterocycles. The van der Waals surface area contributed by atoms with Gasteiger partial charge in [-0.3, -0.25) is 0 Å². The van der Waals surface area contributed by atoms with Crippen molar-refractivity contribution in [2.24, 2.45) is 11.8 Å². The van der Waals surface area contributed by atoms with E-state index in [0.29, 0.717) is 0 Å². The molecule has 0 saturated carbocycles. The lowest BCUT2D eigenvalue weighted by atomic mass is 9.65. The highest BCUT2D eigenvalue weighted by Gasteiger charge is 2.48. The van der Waals surface area contributed by atoms with Crippen molar-refractivity contribution in [3.63, 3.8) is 0 Å². The van der Waals surface area contributed by atoms with Gasteiger partial charge < -0.3 is 0 Å². The standard InChI is InChI=1S/C35H44Br2S4/c1-7-11-13-23(9-3)19-35(20-24(10-4)14-12-8-2)25-17-29(27-15-21(5)33(36)40-27)38-31(25)32-26(35)18-30(39-32)28-16-22(6)34(37)41-28/h15-18,23-24H,7-14,19-20H2,1-6H3. The minimum atomic E-state index is 0.115. The van der Waals surface area contributed by atoms with E-state index in [0.717, 1.165) is 11.8 Å². The molecule has 4 heterocycles. The Labute approximate surface area is 281 Å². The molecule has 4 aromatic heterocycles. The molecule has 0 N–H and O–H groups in total. The summed E-state index contributed by atoms with van der Waals surface area (Å²) < 4.78 is 2.53. The van der Waals surface area contributed by atoms with Crippen LogP contribution in [0.3, 0.4) is 0 Å². The number of unbranched alkanes of at least 4 members (excludes halogenated alkanes) is 2. The van der Waals surface area contributed by atoms with Crippen LogP contribution < -0.4 is 0 Å². The van der Waals surface area contributed by atoms with Crippen molar-refractivity contribution in [2.45, 2.75) is 111 Å². The van der Waals surface area contributed by atoms with Gasteiger partial charge in [0, 0.05) is 34.7 Å². The minimum absolute atomic E-state index is 0.115. The summed E-state index contributed by atoms with van der Waals surface area (Å²) in [6, 6.07) is 10.0. The van der Waals surface area contributed by atoms with Crippen LogP contribution in [0.25, 0.3) is 29.3 Å². The predicted octanol–water partition coefficient (Wildman–Crippen LogP) is 14.9. The third-order valence-corrected chi connectivity index (χ3v) is 16.4. The summed E-state index contributed by atoms with van der Waals surface area (Å²) in [6.07, 6.45) is 13.1. The Hall–Kier alpha value is -0.240. The van der Waals surface area contributed by atoms with Crippen molar-refractivity contribution in [3.05, 3.63) is 54.1 Å². The van der Waals surface area contributed by atoms with Crippen LogP contribution in [0.4, 0.5) is 0 Å². The molecule has 0 spiro atoms. The van der Waals surface area contributed by atoms with Crippen molar-refractivity contribution in [1.29, 1.82) is 0 Å². The van der Waals surface area contributed by atoms with Crippen LogP contribution in [0.5, 0.6) is 0 Å². The quantitative estimate of drug-likeness (QED) is 0.120. The third kappa shape index (κ3) is 6.45. The van der Waals surface area contributed by atoms with Crippen LogP contribution >= 0.6 is 77.2 Å². The van der Waals surface area contributed by atoms with Crippen LogP contribution in [0.2, 0.25) is 0 Å². The Bertz CT molecular complexity index is 1320. The molecule has 0 fully saturated rings. The van der Waals surface area contributed by atoms with E-state index < -0.39 is 0 Å². The number of hydrogen-bond acceptors (Lipinski definition) is 4. The maximum atomic E-state index is 3.81. The van der Waals surface area contributed by atoms with E-state index in [1.807, 2.05) is 22.7 Å². The smallest absolute Gasteiger partial charge is 0.0734 e. The molecular formula is C35H44Br2S4. The van der Waals surface area contributed by atoms with Crippen LogP contribution in [0.1, 0.15) is 114 Å². The molecule has 0 aromatic carbocycles. The van der Waals surface area contributed by atoms with Gasteiger partial charge in [0.1, 0.15) is 0 Å². The maximum absolute atomic E-state index is 3.81. The summed E-state index contributed by atoms with van der Waals surface area (Å²) in [5.74, 6) is 1.53. The molecule has 0 bridgehead atoms. The molecule has 0 aliphatic heterocycles. The second-order valence-electron chi connectivity index (χ2n) is 12.2. The van der Waals surface area contributed by atoms with Gasteiger partial charge in [0.2, 0.25) is 0 Å². The second kappa shape index (κ2) is 13.8. The van der Waals surface area contributed by atoms with Crippen molar-refractivity contribution < 1.29 is 0 Å². The zero-order valence-electron chi connectivity index (χ0n) is 25.4. The van der Waals surface area contributed by atoms with E-state index in [4.69, 9.17) is 0 Å². The van der Waals surface area contributed by atoms with Gasteiger partial charge >= 0.3 is 0 Å². The first-order valence-electron chi connectivity index (χ1n) is 15.6. The van der Waals surface area contributed by atoms with Crippen molar-refractivity contribution >= 4 is 77.2 Å². The van der Waals surface area contributed by atoms with Crippen molar-refractivity contribution in [3.8, 4) is 29.3 Å². The summed E-state index contributed by atoms with van der Waals surface area (Å²) in [5, 5.41) is 0. The molecule has 222 valence electrons. The van der Waals surface area contributed by atoms with Gasteiger partial charge in [0.05, 0.1) is 7.57 Å². The zero-order valence-corrected chi connectivity index (χ0v) is 31.9. The topological polar surface area (TPSA) is 0 Å². The first kappa shape index (κ1) is 32.2. The van der Waals surface area contributed by atoms with Gasteiger partial charge in [-0.15, -0.1) is 45.3 Å². The molecule has 0 amide bonds. The first-order valence-corrected chi connectivity index (χ1v) is 20.4. The van der Waals surface area contributed by atoms with E-state index in [2.05, 4.69) is 120 Å². The summed E-state index contributed by atoms with van der Waals surface area (Å²) >= 11 is 15.5. The second-order valence-corrected chi connectivity index (χ2v) is 19.0. The third-order valence-electron chi connectivity index (χ3n) is 9.26. The van der Waals surface area contributed by atoms with Gasteiger partial charge in [-0.2, -0.15) is 0 Å². The Morgan fingerprint density at radius 3 is 1.32 bits per heavy atom. The number of rotatable bonds is 14. The molecule has 5 rings (SSSR count). The Balaban J connectivity index is 1.70. The van der Waals surface area contributed by atoms with E-state index >= 15 is 0 Å². The minimum Gasteiger partial charge on any atom is -0.133 e. The van der Waals surface area contributed by atoms with Gasteiger partial charge in [0.25, 0.3) is 0 Å². The normalized spacial score (nSPS) is 15.3. The van der Waals surface area contributed by atoms with E-state index in [9.17, 15) is 0 Å². The average molecular weight is 753 g/mol. The monoisotopic (exact) mass is 750 g/mol. The Morgan fingerprint density at radius 1 is 0.610 bits per heavy atom. The molecule has 1 aliphatic rings. The number of aryl methyl sites for hydroxylation is 2. The van der Waals surface area contributed by atoms with Gasteiger partial charge in [-0.1, -0.05) is 79.1 Å². The predicted molar refractivity (Wildman–Crippen MR) is 196 cm³/mol. The number of hydrogen-bond donors (Lipinski definition) is 0. The molecule has 0 radical (unpaired) electrons. The van der Waals surface area contributed by atoms with E-state index in [1.54, 1.807) is 20.9 Å². The lowest BCUT2D eigenvalue weighted by molar-refractivity contribution is 0.266. The summed E-state index contributed by atoms with van der Waals surface area (Å²) in [6.45, 7) is 14.0. The fourth-order valence-corrected chi connectivity index (χ4v) is 12.7. The Kier molecular flexibility index (Phi) is 10.8. The fraction of sp³-hybridized carbons (Fsp3) is 0.543. The molecular weight excluding hydrogens is 708 g/mol. The van der Waals surface area contributed by atoms with Crippen LogP contribution in [0, 0.1) is 25.7 Å². The van der Waals surface area contributed by atoms with Gasteiger partial charge in [0.15, 0.2) is 0 Å². The van der Waals surface area contributed by atoms with Gasteiger partial charge in [-0.05, 0) is 117 Å². The maximum Gasteiger partial charge on any atom is 0.0734 e. The molecule has 1 aliphatic carbocycles. The van der Waals surface area contributed by atoms with E-state index in [1.165, 1.54) is 102 Å². The summed E-state index contributed by atoms with van der Waals surface area (Å²) in [7, 11) is 0. The summed E-state index contributed by atoms with van der Waals surface area (Å²) in [4.78, 5) is 8.87. The zero-order chi connectivity index (χ0) is 29.3. The first-order chi connectivity index (χ1) is 19.7. The van der Waals surface area contributed by atoms with Gasteiger partial charge in [-0.25, -0.2) is 0 Å². The molecule has 0 nitrogen and oxygen atoms in total. The van der Waals surface area contributed by atoms with Crippen molar-refractivity contribution in [1.82, 2.24) is 0 Å². The number of thiophene rings is 4. The Morgan fingerprint density at radius 2 is 1.00 bits per heavy atom. The number of halogens is 2. The molecule has 6 heteroatoms. The van der Waals surface area contributed by atoms with E-state index in [-0.39, 0.29) is 5.41 Å². The van der Waals surface area contributed by atoms with Crippen LogP contribution in [0.15, 0.2) is 31.8 Å². The SMILES string of the molecule is CCCCC(CC)CC1(CC(CC)CCCC)c2cc(-c3cc(C)c(Br)s3)sc2-c2sc(-c3cc(C)c(Br)s3)cc21. The van der Waals surface area contributed by atoms with Crippen molar-refractivity contribution in [2.75, 3.05) is 0 Å². The highest BCUT2D eigenvalue weighted by molar-refractivity contribution is 9.11. The summed E-state index contributed by atoms with van der Waals surface area (Å²) in [5.41, 5.74) is 6.11. The molecule has 2 atom stereocenters. The largest absolute Gasteiger partial charge is 0.133 e. The lowest BCUT2D eigenvalue weighted by Crippen LogP contribution is -2.31. The molecule has 4 aromatic rings. The lowest BCUT2D eigenvalue weighted by Gasteiger charge is -2.37. The molecule has 41 heavy (non-hydrogen) atoms. The van der Waals surface area contributed by atoms with Crippen LogP contribution in [-0.4, -0.2) is 0 Å². The average Bonchev–Trinajstić information content (AvgIpc) is 3.76. The highest BCUT2D eigenvalue weighted by Crippen LogP contribution is 2.63. The van der Waals surface area contributed by atoms with Crippen LogP contribution in [-0.2, 0) is 5.41 Å². The highest BCUT2D eigenvalue weighted by atomic mass is 79.9. The molecule has 2 unspecified atom stereocenters.